The van der Waals surface area contributed by atoms with E-state index in [-0.39, 0.29) is 18.1 Å². The van der Waals surface area contributed by atoms with Gasteiger partial charge in [-0.25, -0.2) is 4.79 Å². The Labute approximate surface area is 131 Å². The molecule has 0 saturated carbocycles. The average Bonchev–Trinajstić information content (AvgIpc) is 2.46. The fourth-order valence-corrected chi connectivity index (χ4v) is 2.39. The Balaban J connectivity index is 1.94. The summed E-state index contributed by atoms with van der Waals surface area (Å²) in [5.41, 5.74) is 0.125. The third-order valence-corrected chi connectivity index (χ3v) is 4.04. The number of nitrogens with zero attached hydrogens (tertiary/aromatic N) is 2. The van der Waals surface area contributed by atoms with E-state index in [0.29, 0.717) is 23.3 Å². The van der Waals surface area contributed by atoms with Crippen molar-refractivity contribution < 1.29 is 19.4 Å². The first-order valence-corrected chi connectivity index (χ1v) is 7.38. The predicted molar refractivity (Wildman–Crippen MR) is 80.7 cm³/mol. The van der Waals surface area contributed by atoms with Gasteiger partial charge in [-0.1, -0.05) is 0 Å². The molecule has 0 aromatic heterocycles. The van der Waals surface area contributed by atoms with Crippen LogP contribution < -0.4 is 4.74 Å². The van der Waals surface area contributed by atoms with Crippen molar-refractivity contribution in [2.75, 3.05) is 39.8 Å². The predicted octanol–water partition coefficient (Wildman–Crippen LogP) is 1.30. The molecule has 0 radical (unpaired) electrons. The lowest BCUT2D eigenvalue weighted by atomic mass is 10.2. The molecule has 1 aliphatic heterocycles. The maximum atomic E-state index is 12.1. The minimum absolute atomic E-state index is 0.0873. The summed E-state index contributed by atoms with van der Waals surface area (Å²) in [6, 6.07) is 4.48. The Kier molecular flexibility index (Phi) is 5.19. The smallest absolute Gasteiger partial charge is 0.335 e. The van der Waals surface area contributed by atoms with Gasteiger partial charge in [0.2, 0.25) is 0 Å². The maximum Gasteiger partial charge on any atom is 0.335 e. The van der Waals surface area contributed by atoms with Crippen molar-refractivity contribution in [3.05, 3.63) is 28.2 Å². The molecule has 0 atom stereocenters. The molecule has 1 N–H and O–H groups in total. The number of carboxylic acids is 1. The van der Waals surface area contributed by atoms with Crippen LogP contribution in [0.4, 0.5) is 0 Å². The summed E-state index contributed by atoms with van der Waals surface area (Å²) in [7, 11) is 2.02. The normalized spacial score (nSPS) is 15.8. The van der Waals surface area contributed by atoms with Crippen LogP contribution in [0.25, 0.3) is 0 Å². The monoisotopic (exact) mass is 356 g/mol. The number of rotatable bonds is 4. The largest absolute Gasteiger partial charge is 0.483 e. The third kappa shape index (κ3) is 4.18. The highest BCUT2D eigenvalue weighted by Gasteiger charge is 2.19. The summed E-state index contributed by atoms with van der Waals surface area (Å²) in [6.45, 7) is 2.99. The second-order valence-corrected chi connectivity index (χ2v) is 5.78. The van der Waals surface area contributed by atoms with Crippen LogP contribution in [-0.4, -0.2) is 66.6 Å². The fourth-order valence-electron chi connectivity index (χ4n) is 2.03. The summed E-state index contributed by atoms with van der Waals surface area (Å²) in [5.74, 6) is -0.758. The van der Waals surface area contributed by atoms with E-state index in [2.05, 4.69) is 20.8 Å². The van der Waals surface area contributed by atoms with Crippen LogP contribution in [0.15, 0.2) is 22.7 Å². The minimum Gasteiger partial charge on any atom is -0.483 e. The molecule has 1 aromatic carbocycles. The lowest BCUT2D eigenvalue weighted by molar-refractivity contribution is -0.134. The SMILES string of the molecule is CN1CCN(C(=O)COc2cc(C(=O)O)ccc2Br)CC1. The van der Waals surface area contributed by atoms with Gasteiger partial charge in [0.05, 0.1) is 10.0 Å². The van der Waals surface area contributed by atoms with Crippen molar-refractivity contribution in [2.45, 2.75) is 0 Å². The number of hydrogen-bond donors (Lipinski definition) is 1. The second-order valence-electron chi connectivity index (χ2n) is 4.92. The van der Waals surface area contributed by atoms with Crippen LogP contribution in [-0.2, 0) is 4.79 Å². The molecule has 0 aliphatic carbocycles. The van der Waals surface area contributed by atoms with E-state index in [1.165, 1.54) is 12.1 Å². The molecule has 1 fully saturated rings. The first-order valence-electron chi connectivity index (χ1n) is 6.59. The van der Waals surface area contributed by atoms with Crippen molar-refractivity contribution in [3.63, 3.8) is 0 Å². The van der Waals surface area contributed by atoms with E-state index in [9.17, 15) is 9.59 Å². The zero-order valence-electron chi connectivity index (χ0n) is 11.7. The van der Waals surface area contributed by atoms with Crippen molar-refractivity contribution >= 4 is 27.8 Å². The van der Waals surface area contributed by atoms with Gasteiger partial charge in [-0.15, -0.1) is 0 Å². The molecule has 1 amide bonds. The highest BCUT2D eigenvalue weighted by atomic mass is 79.9. The molecule has 6 nitrogen and oxygen atoms in total. The summed E-state index contributed by atoms with van der Waals surface area (Å²) in [4.78, 5) is 26.9. The van der Waals surface area contributed by atoms with E-state index in [1.54, 1.807) is 11.0 Å². The van der Waals surface area contributed by atoms with E-state index < -0.39 is 5.97 Å². The number of hydrogen-bond acceptors (Lipinski definition) is 4. The van der Waals surface area contributed by atoms with Gasteiger partial charge >= 0.3 is 5.97 Å². The molecule has 1 saturated heterocycles. The third-order valence-electron chi connectivity index (χ3n) is 3.39. The Hall–Kier alpha value is -1.60. The highest BCUT2D eigenvalue weighted by Crippen LogP contribution is 2.26. The summed E-state index contributed by atoms with van der Waals surface area (Å²) < 4.78 is 6.08. The van der Waals surface area contributed by atoms with E-state index >= 15 is 0 Å². The van der Waals surface area contributed by atoms with Crippen molar-refractivity contribution in [2.24, 2.45) is 0 Å². The summed E-state index contributed by atoms with van der Waals surface area (Å²) >= 11 is 3.28. The van der Waals surface area contributed by atoms with Crippen LogP contribution in [0.2, 0.25) is 0 Å². The number of piperazine rings is 1. The number of ether oxygens (including phenoxy) is 1. The van der Waals surface area contributed by atoms with Gasteiger partial charge in [0.25, 0.3) is 5.91 Å². The second kappa shape index (κ2) is 6.91. The standard InChI is InChI=1S/C14H17BrN2O4/c1-16-4-6-17(7-5-16)13(18)9-21-12-8-10(14(19)20)2-3-11(12)15/h2-3,8H,4-7,9H2,1H3,(H,19,20). The van der Waals surface area contributed by atoms with E-state index in [4.69, 9.17) is 9.84 Å². The zero-order chi connectivity index (χ0) is 15.4. The number of carboxylic acid groups (broad SMARTS) is 1. The van der Waals surface area contributed by atoms with Crippen LogP contribution >= 0.6 is 15.9 Å². The quantitative estimate of drug-likeness (QED) is 0.880. The molecule has 1 aliphatic rings. The van der Waals surface area contributed by atoms with E-state index in [1.807, 2.05) is 7.05 Å². The van der Waals surface area contributed by atoms with Gasteiger partial charge in [0, 0.05) is 26.2 Å². The van der Waals surface area contributed by atoms with Crippen LogP contribution in [0.5, 0.6) is 5.75 Å². The highest BCUT2D eigenvalue weighted by molar-refractivity contribution is 9.10. The molecular formula is C14H17BrN2O4. The number of halogens is 1. The van der Waals surface area contributed by atoms with Crippen molar-refractivity contribution in [3.8, 4) is 5.75 Å². The van der Waals surface area contributed by atoms with E-state index in [0.717, 1.165) is 13.1 Å². The molecule has 1 heterocycles. The molecular weight excluding hydrogens is 340 g/mol. The molecule has 2 rings (SSSR count). The summed E-state index contributed by atoms with van der Waals surface area (Å²) in [5, 5.41) is 8.96. The first-order chi connectivity index (χ1) is 9.97. The topological polar surface area (TPSA) is 70.1 Å². The molecule has 1 aromatic rings. The number of aromatic carboxylic acids is 1. The number of carbonyl (C=O) groups is 2. The van der Waals surface area contributed by atoms with Gasteiger partial charge < -0.3 is 19.6 Å². The zero-order valence-corrected chi connectivity index (χ0v) is 13.3. The lowest BCUT2D eigenvalue weighted by Gasteiger charge is -2.32. The van der Waals surface area contributed by atoms with Gasteiger partial charge in [0.1, 0.15) is 5.75 Å². The lowest BCUT2D eigenvalue weighted by Crippen LogP contribution is -2.48. The number of benzene rings is 1. The van der Waals surface area contributed by atoms with Crippen molar-refractivity contribution in [1.82, 2.24) is 9.80 Å². The molecule has 0 unspecified atom stereocenters. The molecule has 114 valence electrons. The first kappa shape index (κ1) is 15.8. The minimum atomic E-state index is -1.03. The Morgan fingerprint density at radius 2 is 1.95 bits per heavy atom. The Bertz CT molecular complexity index is 542. The van der Waals surface area contributed by atoms with Gasteiger partial charge in [0.15, 0.2) is 6.61 Å². The van der Waals surface area contributed by atoms with Gasteiger partial charge in [-0.2, -0.15) is 0 Å². The molecule has 7 heteroatoms. The van der Waals surface area contributed by atoms with Gasteiger partial charge in [-0.3, -0.25) is 4.79 Å². The molecule has 0 bridgehead atoms. The maximum absolute atomic E-state index is 12.1. The average molecular weight is 357 g/mol. The number of carbonyl (C=O) groups excluding carboxylic acids is 1. The summed E-state index contributed by atoms with van der Waals surface area (Å²) in [6.07, 6.45) is 0. The van der Waals surface area contributed by atoms with Crippen LogP contribution in [0, 0.1) is 0 Å². The Morgan fingerprint density at radius 1 is 1.29 bits per heavy atom. The van der Waals surface area contributed by atoms with Gasteiger partial charge in [-0.05, 0) is 41.2 Å². The van der Waals surface area contributed by atoms with Crippen LogP contribution in [0.1, 0.15) is 10.4 Å². The fraction of sp³-hybridized carbons (Fsp3) is 0.429. The number of likely N-dealkylation sites (N-methyl/N-ethyl adjacent to an activating group) is 1. The number of amides is 1. The molecule has 0 spiro atoms. The van der Waals surface area contributed by atoms with Crippen LogP contribution in [0.3, 0.4) is 0 Å². The van der Waals surface area contributed by atoms with Crippen molar-refractivity contribution in [1.29, 1.82) is 0 Å². The Morgan fingerprint density at radius 3 is 2.57 bits per heavy atom. The molecule has 21 heavy (non-hydrogen) atoms.